The van der Waals surface area contributed by atoms with Crippen molar-refractivity contribution in [3.63, 3.8) is 0 Å². The van der Waals surface area contributed by atoms with Gasteiger partial charge in [-0.1, -0.05) is 6.42 Å². The van der Waals surface area contributed by atoms with Gasteiger partial charge in [-0.15, -0.1) is 0 Å². The highest BCUT2D eigenvalue weighted by Crippen LogP contribution is 2.20. The van der Waals surface area contributed by atoms with E-state index in [1.807, 2.05) is 0 Å². The van der Waals surface area contributed by atoms with Crippen LogP contribution < -0.4 is 16.0 Å². The Balaban J connectivity index is 2.05. The van der Waals surface area contributed by atoms with Crippen molar-refractivity contribution in [2.75, 3.05) is 17.2 Å². The topological polar surface area (TPSA) is 70.2 Å². The van der Waals surface area contributed by atoms with Gasteiger partial charge in [0.15, 0.2) is 0 Å². The van der Waals surface area contributed by atoms with Gasteiger partial charge in [0.25, 0.3) is 0 Å². The molecule has 0 aromatic heterocycles. The molecule has 1 atom stereocenters. The van der Waals surface area contributed by atoms with Crippen molar-refractivity contribution in [2.24, 2.45) is 0 Å². The van der Waals surface area contributed by atoms with Gasteiger partial charge in [0.2, 0.25) is 11.8 Å². The minimum atomic E-state index is -0.533. The highest BCUT2D eigenvalue weighted by atomic mass is 19.1. The van der Waals surface area contributed by atoms with E-state index in [1.165, 1.54) is 25.1 Å². The normalized spacial score (nSPS) is 18.4. The third-order valence-corrected chi connectivity index (χ3v) is 3.17. The van der Waals surface area contributed by atoms with Crippen LogP contribution >= 0.6 is 0 Å². The molecule has 2 rings (SSSR count). The minimum Gasteiger partial charge on any atom is -0.325 e. The van der Waals surface area contributed by atoms with Crippen LogP contribution in [0.15, 0.2) is 18.2 Å². The van der Waals surface area contributed by atoms with Crippen LogP contribution in [0.1, 0.15) is 26.2 Å². The summed E-state index contributed by atoms with van der Waals surface area (Å²) in [5.74, 6) is -1.03. The predicted octanol–water partition coefficient (Wildman–Crippen LogP) is 1.86. The molecule has 1 aromatic carbocycles. The molecule has 1 saturated heterocycles. The number of anilines is 2. The standard InChI is InChI=1S/C14H18FN3O2/c1-9(19)17-13-8-10(5-6-11(13)15)18-14(20)12-4-2-3-7-16-12/h5-6,8,12,16H,2-4,7H2,1H3,(H,17,19)(H,18,20)/t12-/m1/s1. The molecule has 0 unspecified atom stereocenters. The zero-order valence-electron chi connectivity index (χ0n) is 11.3. The Morgan fingerprint density at radius 3 is 2.75 bits per heavy atom. The third-order valence-electron chi connectivity index (χ3n) is 3.17. The van der Waals surface area contributed by atoms with Gasteiger partial charge in [0.1, 0.15) is 5.82 Å². The van der Waals surface area contributed by atoms with E-state index in [2.05, 4.69) is 16.0 Å². The Morgan fingerprint density at radius 1 is 1.30 bits per heavy atom. The van der Waals surface area contributed by atoms with E-state index >= 15 is 0 Å². The first-order valence-corrected chi connectivity index (χ1v) is 6.67. The fraction of sp³-hybridized carbons (Fsp3) is 0.429. The fourth-order valence-electron chi connectivity index (χ4n) is 2.19. The number of nitrogens with one attached hydrogen (secondary N) is 3. The number of halogens is 1. The molecule has 1 fully saturated rings. The van der Waals surface area contributed by atoms with Crippen molar-refractivity contribution in [1.29, 1.82) is 0 Å². The van der Waals surface area contributed by atoms with Crippen molar-refractivity contribution < 1.29 is 14.0 Å². The minimum absolute atomic E-state index is 0.0619. The average Bonchev–Trinajstić information content (AvgIpc) is 2.43. The molecule has 1 aromatic rings. The maximum atomic E-state index is 13.5. The first kappa shape index (κ1) is 14.5. The van der Waals surface area contributed by atoms with Crippen molar-refractivity contribution in [3.05, 3.63) is 24.0 Å². The maximum Gasteiger partial charge on any atom is 0.241 e. The van der Waals surface area contributed by atoms with E-state index in [4.69, 9.17) is 0 Å². The maximum absolute atomic E-state index is 13.5. The molecule has 108 valence electrons. The molecule has 1 aliphatic heterocycles. The van der Waals surface area contributed by atoms with Crippen LogP contribution in [0.25, 0.3) is 0 Å². The lowest BCUT2D eigenvalue weighted by molar-refractivity contribution is -0.118. The largest absolute Gasteiger partial charge is 0.325 e. The summed E-state index contributed by atoms with van der Waals surface area (Å²) in [6, 6.07) is 3.90. The van der Waals surface area contributed by atoms with Crippen LogP contribution in [-0.4, -0.2) is 24.4 Å². The number of benzene rings is 1. The van der Waals surface area contributed by atoms with Gasteiger partial charge in [-0.05, 0) is 37.6 Å². The summed E-state index contributed by atoms with van der Waals surface area (Å²) in [6.45, 7) is 2.13. The van der Waals surface area contributed by atoms with E-state index in [9.17, 15) is 14.0 Å². The van der Waals surface area contributed by atoms with Gasteiger partial charge < -0.3 is 16.0 Å². The number of piperidine rings is 1. The summed E-state index contributed by atoms with van der Waals surface area (Å²) in [5.41, 5.74) is 0.527. The molecule has 0 radical (unpaired) electrons. The Bertz CT molecular complexity index is 513. The molecule has 5 nitrogen and oxygen atoms in total. The lowest BCUT2D eigenvalue weighted by Gasteiger charge is -2.22. The smallest absolute Gasteiger partial charge is 0.241 e. The van der Waals surface area contributed by atoms with Crippen LogP contribution in [0.2, 0.25) is 0 Å². The summed E-state index contributed by atoms with van der Waals surface area (Å²) in [7, 11) is 0. The number of carbonyl (C=O) groups excluding carboxylic acids is 2. The number of hydrogen-bond donors (Lipinski definition) is 3. The SMILES string of the molecule is CC(=O)Nc1cc(NC(=O)[C@H]2CCCCN2)ccc1F. The molecule has 0 aliphatic carbocycles. The van der Waals surface area contributed by atoms with Gasteiger partial charge in [-0.2, -0.15) is 0 Å². The number of amides is 2. The first-order valence-electron chi connectivity index (χ1n) is 6.67. The number of rotatable bonds is 3. The lowest BCUT2D eigenvalue weighted by atomic mass is 10.0. The first-order chi connectivity index (χ1) is 9.56. The highest BCUT2D eigenvalue weighted by Gasteiger charge is 2.20. The molecule has 0 saturated carbocycles. The molecule has 3 N–H and O–H groups in total. The van der Waals surface area contributed by atoms with Crippen LogP contribution in [0.4, 0.5) is 15.8 Å². The van der Waals surface area contributed by atoms with E-state index in [1.54, 1.807) is 0 Å². The van der Waals surface area contributed by atoms with E-state index in [0.717, 1.165) is 25.8 Å². The number of carbonyl (C=O) groups is 2. The molecule has 1 aliphatic rings. The van der Waals surface area contributed by atoms with Crippen molar-refractivity contribution in [1.82, 2.24) is 5.32 Å². The Kier molecular flexibility index (Phi) is 4.68. The second-order valence-electron chi connectivity index (χ2n) is 4.87. The molecule has 1 heterocycles. The summed E-state index contributed by atoms with van der Waals surface area (Å²) < 4.78 is 13.5. The van der Waals surface area contributed by atoms with E-state index in [0.29, 0.717) is 5.69 Å². The highest BCUT2D eigenvalue weighted by molar-refractivity contribution is 5.96. The van der Waals surface area contributed by atoms with Crippen LogP contribution in [0.5, 0.6) is 0 Å². The zero-order chi connectivity index (χ0) is 14.5. The van der Waals surface area contributed by atoms with Crippen LogP contribution in [-0.2, 0) is 9.59 Å². The predicted molar refractivity (Wildman–Crippen MR) is 75.0 cm³/mol. The summed E-state index contributed by atoms with van der Waals surface area (Å²) in [4.78, 5) is 23.0. The average molecular weight is 279 g/mol. The van der Waals surface area contributed by atoms with Crippen molar-refractivity contribution in [3.8, 4) is 0 Å². The van der Waals surface area contributed by atoms with E-state index in [-0.39, 0.29) is 23.5 Å². The Hall–Kier alpha value is -1.95. The monoisotopic (exact) mass is 279 g/mol. The second kappa shape index (κ2) is 6.47. The van der Waals surface area contributed by atoms with Gasteiger partial charge in [-0.25, -0.2) is 4.39 Å². The summed E-state index contributed by atoms with van der Waals surface area (Å²) in [5, 5.41) is 8.26. The molecule has 2 amide bonds. The zero-order valence-corrected chi connectivity index (χ0v) is 11.3. The summed E-state index contributed by atoms with van der Waals surface area (Å²) in [6.07, 6.45) is 2.89. The van der Waals surface area contributed by atoms with E-state index < -0.39 is 5.82 Å². The quantitative estimate of drug-likeness (QED) is 0.791. The van der Waals surface area contributed by atoms with Crippen molar-refractivity contribution >= 4 is 23.2 Å². The van der Waals surface area contributed by atoms with Gasteiger partial charge in [0.05, 0.1) is 11.7 Å². The number of hydrogen-bond acceptors (Lipinski definition) is 3. The van der Waals surface area contributed by atoms with Gasteiger partial charge in [-0.3, -0.25) is 9.59 Å². The Labute approximate surface area is 116 Å². The lowest BCUT2D eigenvalue weighted by Crippen LogP contribution is -2.43. The molecular formula is C14H18FN3O2. The van der Waals surface area contributed by atoms with Crippen molar-refractivity contribution in [2.45, 2.75) is 32.2 Å². The third kappa shape index (κ3) is 3.77. The van der Waals surface area contributed by atoms with Crippen LogP contribution in [0.3, 0.4) is 0 Å². The van der Waals surface area contributed by atoms with Gasteiger partial charge in [0, 0.05) is 12.6 Å². The molecule has 6 heteroatoms. The molecular weight excluding hydrogens is 261 g/mol. The van der Waals surface area contributed by atoms with Gasteiger partial charge >= 0.3 is 0 Å². The Morgan fingerprint density at radius 2 is 2.10 bits per heavy atom. The molecule has 20 heavy (non-hydrogen) atoms. The fourth-order valence-corrected chi connectivity index (χ4v) is 2.19. The molecule has 0 bridgehead atoms. The molecule has 0 spiro atoms. The van der Waals surface area contributed by atoms with Crippen LogP contribution in [0, 0.1) is 5.82 Å². The summed E-state index contributed by atoms with van der Waals surface area (Å²) >= 11 is 0. The second-order valence-corrected chi connectivity index (χ2v) is 4.87.